The Bertz CT molecular complexity index is 495. The van der Waals surface area contributed by atoms with Crippen molar-refractivity contribution < 1.29 is 9.90 Å². The first-order valence-electron chi connectivity index (χ1n) is 5.23. The third-order valence-electron chi connectivity index (χ3n) is 2.28. The molecular formula is C13H12N2O2. The molecule has 0 unspecified atom stereocenters. The number of hydrogen-bond donors (Lipinski definition) is 2. The topological polar surface area (TPSA) is 62.2 Å². The third-order valence-corrected chi connectivity index (χ3v) is 2.28. The highest BCUT2D eigenvalue weighted by atomic mass is 16.3. The molecule has 0 saturated carbocycles. The van der Waals surface area contributed by atoms with Gasteiger partial charge in [0.25, 0.3) is 5.91 Å². The summed E-state index contributed by atoms with van der Waals surface area (Å²) in [4.78, 5) is 15.5. The van der Waals surface area contributed by atoms with E-state index in [9.17, 15) is 4.79 Å². The highest BCUT2D eigenvalue weighted by Gasteiger charge is 2.06. The number of carbonyl (C=O) groups is 1. The predicted octanol–water partition coefficient (Wildman–Crippen LogP) is 1.72. The first-order valence-corrected chi connectivity index (χ1v) is 5.23. The number of pyridine rings is 1. The molecule has 1 aromatic heterocycles. The van der Waals surface area contributed by atoms with Gasteiger partial charge >= 0.3 is 0 Å². The number of hydrogen-bond acceptors (Lipinski definition) is 3. The minimum atomic E-state index is -0.256. The van der Waals surface area contributed by atoms with Crippen LogP contribution < -0.4 is 5.32 Å². The zero-order valence-electron chi connectivity index (χ0n) is 9.13. The molecule has 0 saturated heterocycles. The van der Waals surface area contributed by atoms with Crippen molar-refractivity contribution in [3.05, 3.63) is 59.9 Å². The fourth-order valence-electron chi connectivity index (χ4n) is 1.39. The molecule has 2 aromatic rings. The van der Waals surface area contributed by atoms with Crippen LogP contribution in [0.25, 0.3) is 0 Å². The van der Waals surface area contributed by atoms with Crippen molar-refractivity contribution in [3.63, 3.8) is 0 Å². The maximum atomic E-state index is 11.7. The molecule has 0 bridgehead atoms. The van der Waals surface area contributed by atoms with Crippen LogP contribution in [-0.2, 0) is 6.54 Å². The molecule has 0 atom stereocenters. The number of aromatic nitrogens is 1. The summed E-state index contributed by atoms with van der Waals surface area (Å²) >= 11 is 0. The second kappa shape index (κ2) is 5.12. The van der Waals surface area contributed by atoms with Crippen LogP contribution in [0, 0.1) is 0 Å². The van der Waals surface area contributed by atoms with Crippen LogP contribution in [-0.4, -0.2) is 16.0 Å². The molecule has 0 aliphatic rings. The van der Waals surface area contributed by atoms with Gasteiger partial charge < -0.3 is 10.4 Å². The van der Waals surface area contributed by atoms with E-state index in [1.165, 1.54) is 18.3 Å². The molecule has 1 heterocycles. The molecule has 0 fully saturated rings. The highest BCUT2D eigenvalue weighted by Crippen LogP contribution is 2.06. The van der Waals surface area contributed by atoms with Crippen molar-refractivity contribution in [2.24, 2.45) is 0 Å². The van der Waals surface area contributed by atoms with Crippen LogP contribution in [0.3, 0.4) is 0 Å². The molecule has 1 aromatic carbocycles. The summed E-state index contributed by atoms with van der Waals surface area (Å²) in [7, 11) is 0. The van der Waals surface area contributed by atoms with E-state index in [0.717, 1.165) is 5.56 Å². The van der Waals surface area contributed by atoms with Crippen molar-refractivity contribution in [1.29, 1.82) is 0 Å². The minimum Gasteiger partial charge on any atom is -0.506 e. The van der Waals surface area contributed by atoms with Gasteiger partial charge in [0.2, 0.25) is 0 Å². The van der Waals surface area contributed by atoms with E-state index in [0.29, 0.717) is 12.2 Å². The maximum Gasteiger partial charge on any atom is 0.270 e. The third kappa shape index (κ3) is 3.04. The minimum absolute atomic E-state index is 0.0459. The molecule has 4 nitrogen and oxygen atoms in total. The number of aromatic hydroxyl groups is 1. The number of amides is 1. The molecule has 2 N–H and O–H groups in total. The summed E-state index contributed by atoms with van der Waals surface area (Å²) in [5.41, 5.74) is 1.32. The summed E-state index contributed by atoms with van der Waals surface area (Å²) in [5.74, 6) is -0.210. The van der Waals surface area contributed by atoms with Crippen molar-refractivity contribution in [1.82, 2.24) is 10.3 Å². The normalized spacial score (nSPS) is 9.88. The van der Waals surface area contributed by atoms with Crippen LogP contribution in [0.15, 0.2) is 48.7 Å². The lowest BCUT2D eigenvalue weighted by atomic mass is 10.2. The van der Waals surface area contributed by atoms with E-state index in [1.54, 1.807) is 0 Å². The van der Waals surface area contributed by atoms with Crippen LogP contribution in [0.1, 0.15) is 16.1 Å². The first-order chi connectivity index (χ1) is 8.25. The number of carbonyl (C=O) groups excluding carboxylic acids is 1. The average Bonchev–Trinajstić information content (AvgIpc) is 2.38. The van der Waals surface area contributed by atoms with Gasteiger partial charge in [0.05, 0.1) is 6.20 Å². The van der Waals surface area contributed by atoms with Crippen LogP contribution >= 0.6 is 0 Å². The molecule has 0 radical (unpaired) electrons. The smallest absolute Gasteiger partial charge is 0.270 e. The first kappa shape index (κ1) is 11.1. The Labute approximate surface area is 98.9 Å². The second-order valence-electron chi connectivity index (χ2n) is 3.57. The van der Waals surface area contributed by atoms with Gasteiger partial charge in [0.15, 0.2) is 0 Å². The van der Waals surface area contributed by atoms with Crippen LogP contribution in [0.5, 0.6) is 5.75 Å². The fourth-order valence-corrected chi connectivity index (χ4v) is 1.39. The molecule has 2 rings (SSSR count). The van der Waals surface area contributed by atoms with Crippen molar-refractivity contribution in [2.45, 2.75) is 6.54 Å². The lowest BCUT2D eigenvalue weighted by molar-refractivity contribution is 0.0946. The van der Waals surface area contributed by atoms with E-state index in [4.69, 9.17) is 5.11 Å². The molecule has 86 valence electrons. The summed E-state index contributed by atoms with van der Waals surface area (Å²) in [5, 5.41) is 11.8. The molecule has 17 heavy (non-hydrogen) atoms. The number of nitrogens with one attached hydrogen (secondary N) is 1. The molecule has 4 heteroatoms. The van der Waals surface area contributed by atoms with Gasteiger partial charge in [-0.15, -0.1) is 0 Å². The van der Waals surface area contributed by atoms with Crippen molar-refractivity contribution >= 4 is 5.91 Å². The van der Waals surface area contributed by atoms with Gasteiger partial charge in [-0.05, 0) is 17.7 Å². The van der Waals surface area contributed by atoms with E-state index in [1.807, 2.05) is 30.3 Å². The van der Waals surface area contributed by atoms with Crippen molar-refractivity contribution in [3.8, 4) is 5.75 Å². The zero-order chi connectivity index (χ0) is 12.1. The van der Waals surface area contributed by atoms with Crippen LogP contribution in [0.2, 0.25) is 0 Å². The number of rotatable bonds is 3. The van der Waals surface area contributed by atoms with Gasteiger partial charge in [-0.25, -0.2) is 4.98 Å². The van der Waals surface area contributed by atoms with Crippen LogP contribution in [0.4, 0.5) is 0 Å². The standard InChI is InChI=1S/C13H12N2O2/c16-11-6-7-12(14-9-11)13(17)15-8-10-4-2-1-3-5-10/h1-7,9,16H,8H2,(H,15,17). The average molecular weight is 228 g/mol. The summed E-state index contributed by atoms with van der Waals surface area (Å²) in [6, 6.07) is 12.5. The Hall–Kier alpha value is -2.36. The number of nitrogens with zero attached hydrogens (tertiary/aromatic N) is 1. The zero-order valence-corrected chi connectivity index (χ0v) is 9.13. The second-order valence-corrected chi connectivity index (χ2v) is 3.57. The van der Waals surface area contributed by atoms with Gasteiger partial charge in [0.1, 0.15) is 11.4 Å². The maximum absolute atomic E-state index is 11.7. The van der Waals surface area contributed by atoms with Gasteiger partial charge in [-0.3, -0.25) is 4.79 Å². The van der Waals surface area contributed by atoms with E-state index < -0.39 is 0 Å². The summed E-state index contributed by atoms with van der Waals surface area (Å²) in [6.07, 6.45) is 1.25. The lowest BCUT2D eigenvalue weighted by Gasteiger charge is -2.04. The van der Waals surface area contributed by atoms with Gasteiger partial charge in [-0.2, -0.15) is 0 Å². The molecule has 1 amide bonds. The van der Waals surface area contributed by atoms with Gasteiger partial charge in [-0.1, -0.05) is 30.3 Å². The summed E-state index contributed by atoms with van der Waals surface area (Å²) in [6.45, 7) is 0.461. The Balaban J connectivity index is 1.96. The SMILES string of the molecule is O=C(NCc1ccccc1)c1ccc(O)cn1. The Morgan fingerprint density at radius 1 is 1.18 bits per heavy atom. The Kier molecular flexibility index (Phi) is 3.35. The van der Waals surface area contributed by atoms with Gasteiger partial charge in [0, 0.05) is 6.54 Å². The molecule has 0 aliphatic heterocycles. The fraction of sp³-hybridized carbons (Fsp3) is 0.0769. The Morgan fingerprint density at radius 3 is 2.59 bits per heavy atom. The quantitative estimate of drug-likeness (QED) is 0.840. The Morgan fingerprint density at radius 2 is 1.94 bits per heavy atom. The van der Waals surface area contributed by atoms with E-state index in [2.05, 4.69) is 10.3 Å². The lowest BCUT2D eigenvalue weighted by Crippen LogP contribution is -2.23. The van der Waals surface area contributed by atoms with E-state index in [-0.39, 0.29) is 11.7 Å². The highest BCUT2D eigenvalue weighted by molar-refractivity contribution is 5.92. The monoisotopic (exact) mass is 228 g/mol. The summed E-state index contributed by atoms with van der Waals surface area (Å²) < 4.78 is 0. The predicted molar refractivity (Wildman–Crippen MR) is 63.5 cm³/mol. The molecule has 0 aliphatic carbocycles. The largest absolute Gasteiger partial charge is 0.506 e. The van der Waals surface area contributed by atoms with Crippen molar-refractivity contribution in [2.75, 3.05) is 0 Å². The molecule has 0 spiro atoms. The molecular weight excluding hydrogens is 216 g/mol. The van der Waals surface area contributed by atoms with E-state index >= 15 is 0 Å². The number of benzene rings is 1.